The molecule has 1 aromatic heterocycles. The van der Waals surface area contributed by atoms with Gasteiger partial charge in [0.05, 0.1) is 12.7 Å². The Balaban J connectivity index is 0.000000442. The van der Waals surface area contributed by atoms with E-state index in [-0.39, 0.29) is 0 Å². The van der Waals surface area contributed by atoms with Crippen molar-refractivity contribution in [1.82, 2.24) is 4.98 Å². The first-order valence-corrected chi connectivity index (χ1v) is 5.06. The van der Waals surface area contributed by atoms with Gasteiger partial charge in [-0.15, -0.1) is 0 Å². The van der Waals surface area contributed by atoms with Crippen molar-refractivity contribution in [2.45, 2.75) is 20.8 Å². The molecule has 0 saturated heterocycles. The summed E-state index contributed by atoms with van der Waals surface area (Å²) in [5, 5.41) is 1.21. The fraction of sp³-hybridized carbons (Fsp3) is 0.308. The SMILES string of the molecule is CC.CF.Cc1ccc2ccccc2n1. The summed E-state index contributed by atoms with van der Waals surface area (Å²) >= 11 is 0. The number of hydrogen-bond donors (Lipinski definition) is 0. The molecule has 1 heterocycles. The van der Waals surface area contributed by atoms with E-state index < -0.39 is 0 Å². The van der Waals surface area contributed by atoms with E-state index in [2.05, 4.69) is 17.1 Å². The number of para-hydroxylation sites is 1. The Hall–Kier alpha value is -1.44. The summed E-state index contributed by atoms with van der Waals surface area (Å²) in [5.41, 5.74) is 2.15. The Morgan fingerprint density at radius 1 is 0.933 bits per heavy atom. The number of rotatable bonds is 0. The summed E-state index contributed by atoms with van der Waals surface area (Å²) in [5.74, 6) is 0. The largest absolute Gasteiger partial charge is 0.255 e. The average Bonchev–Trinajstić information content (AvgIpc) is 2.34. The minimum Gasteiger partial charge on any atom is -0.255 e. The molecule has 15 heavy (non-hydrogen) atoms. The average molecular weight is 207 g/mol. The van der Waals surface area contributed by atoms with E-state index in [0.717, 1.165) is 11.2 Å². The van der Waals surface area contributed by atoms with Crippen LogP contribution in [-0.2, 0) is 0 Å². The number of pyridine rings is 1. The molecular formula is C13H18FN. The van der Waals surface area contributed by atoms with Crippen molar-refractivity contribution in [2.75, 3.05) is 7.18 Å². The number of aromatic nitrogens is 1. The fourth-order valence-electron chi connectivity index (χ4n) is 1.17. The third kappa shape index (κ3) is 4.07. The monoisotopic (exact) mass is 207 g/mol. The molecule has 1 aromatic carbocycles. The second-order valence-corrected chi connectivity index (χ2v) is 2.65. The third-order valence-corrected chi connectivity index (χ3v) is 1.74. The van der Waals surface area contributed by atoms with Crippen LogP contribution >= 0.6 is 0 Å². The first-order valence-electron chi connectivity index (χ1n) is 5.06. The lowest BCUT2D eigenvalue weighted by atomic mass is 10.2. The number of fused-ring (bicyclic) bond motifs is 1. The Kier molecular flexibility index (Phi) is 7.16. The molecule has 2 aromatic rings. The lowest BCUT2D eigenvalue weighted by Gasteiger charge is -1.95. The molecule has 2 heteroatoms. The molecule has 0 atom stereocenters. The zero-order valence-electron chi connectivity index (χ0n) is 9.79. The molecule has 0 aliphatic rings. The topological polar surface area (TPSA) is 12.9 Å². The van der Waals surface area contributed by atoms with Crippen molar-refractivity contribution >= 4 is 10.9 Å². The van der Waals surface area contributed by atoms with E-state index in [9.17, 15) is 4.39 Å². The predicted octanol–water partition coefficient (Wildman–Crippen LogP) is 4.16. The van der Waals surface area contributed by atoms with Crippen LogP contribution in [0, 0.1) is 6.92 Å². The predicted molar refractivity (Wildman–Crippen MR) is 64.9 cm³/mol. The highest BCUT2D eigenvalue weighted by atomic mass is 19.1. The summed E-state index contributed by atoms with van der Waals surface area (Å²) in [6.45, 7) is 6.01. The fourth-order valence-corrected chi connectivity index (χ4v) is 1.17. The standard InChI is InChI=1S/C10H9N.C2H6.CH3F/c1-8-6-7-9-4-2-3-5-10(9)11-8;2*1-2/h2-7H,1H3;1-2H3;1H3. The first kappa shape index (κ1) is 13.6. The van der Waals surface area contributed by atoms with Gasteiger partial charge in [-0.2, -0.15) is 0 Å². The zero-order chi connectivity index (χ0) is 11.7. The highest BCUT2D eigenvalue weighted by molar-refractivity contribution is 5.78. The molecule has 0 amide bonds. The smallest absolute Gasteiger partial charge is 0.0785 e. The lowest BCUT2D eigenvalue weighted by molar-refractivity contribution is 0.636. The molecule has 82 valence electrons. The van der Waals surface area contributed by atoms with E-state index in [4.69, 9.17) is 0 Å². The molecular weight excluding hydrogens is 189 g/mol. The van der Waals surface area contributed by atoms with E-state index in [1.165, 1.54) is 5.39 Å². The Morgan fingerprint density at radius 2 is 1.53 bits per heavy atom. The molecule has 0 spiro atoms. The Morgan fingerprint density at radius 3 is 2.20 bits per heavy atom. The molecule has 1 nitrogen and oxygen atoms in total. The van der Waals surface area contributed by atoms with Gasteiger partial charge in [-0.05, 0) is 19.1 Å². The van der Waals surface area contributed by atoms with Crippen LogP contribution in [0.4, 0.5) is 4.39 Å². The lowest BCUT2D eigenvalue weighted by Crippen LogP contribution is -1.80. The number of alkyl halides is 1. The maximum atomic E-state index is 9.50. The molecule has 0 aliphatic heterocycles. The highest BCUT2D eigenvalue weighted by Gasteiger charge is 1.90. The summed E-state index contributed by atoms with van der Waals surface area (Å²) in [4.78, 5) is 4.38. The third-order valence-electron chi connectivity index (χ3n) is 1.74. The summed E-state index contributed by atoms with van der Waals surface area (Å²) in [7, 11) is 0.500. The summed E-state index contributed by atoms with van der Waals surface area (Å²) < 4.78 is 9.50. The molecule has 0 N–H and O–H groups in total. The minimum absolute atomic E-state index is 0.500. The number of benzene rings is 1. The van der Waals surface area contributed by atoms with Crippen molar-refractivity contribution < 1.29 is 4.39 Å². The van der Waals surface area contributed by atoms with Crippen LogP contribution in [0.5, 0.6) is 0 Å². The van der Waals surface area contributed by atoms with Crippen LogP contribution in [0.2, 0.25) is 0 Å². The van der Waals surface area contributed by atoms with Gasteiger partial charge in [0.2, 0.25) is 0 Å². The van der Waals surface area contributed by atoms with Gasteiger partial charge in [0.25, 0.3) is 0 Å². The number of nitrogens with zero attached hydrogens (tertiary/aromatic N) is 1. The van der Waals surface area contributed by atoms with Crippen molar-refractivity contribution in [3.63, 3.8) is 0 Å². The quantitative estimate of drug-likeness (QED) is 0.632. The molecule has 0 radical (unpaired) electrons. The van der Waals surface area contributed by atoms with Gasteiger partial charge in [0.15, 0.2) is 0 Å². The molecule has 0 unspecified atom stereocenters. The van der Waals surface area contributed by atoms with Crippen LogP contribution in [0.1, 0.15) is 19.5 Å². The number of aryl methyl sites for hydroxylation is 1. The van der Waals surface area contributed by atoms with Gasteiger partial charge >= 0.3 is 0 Å². The van der Waals surface area contributed by atoms with Crippen molar-refractivity contribution in [3.8, 4) is 0 Å². The normalized spacial score (nSPS) is 8.33. The second-order valence-electron chi connectivity index (χ2n) is 2.65. The van der Waals surface area contributed by atoms with Crippen LogP contribution in [0.15, 0.2) is 36.4 Å². The molecule has 0 saturated carbocycles. The van der Waals surface area contributed by atoms with Gasteiger partial charge in [0, 0.05) is 11.1 Å². The summed E-state index contributed by atoms with van der Waals surface area (Å²) in [6.07, 6.45) is 0. The van der Waals surface area contributed by atoms with Crippen LogP contribution in [-0.4, -0.2) is 12.2 Å². The van der Waals surface area contributed by atoms with Crippen molar-refractivity contribution in [3.05, 3.63) is 42.1 Å². The first-order chi connectivity index (χ1) is 7.36. The van der Waals surface area contributed by atoms with Crippen molar-refractivity contribution in [2.24, 2.45) is 0 Å². The second kappa shape index (κ2) is 7.92. The maximum absolute atomic E-state index is 9.50. The molecule has 2 rings (SSSR count). The summed E-state index contributed by atoms with van der Waals surface area (Å²) in [6, 6.07) is 12.3. The Bertz CT molecular complexity index is 385. The van der Waals surface area contributed by atoms with E-state index in [1.54, 1.807) is 0 Å². The van der Waals surface area contributed by atoms with Gasteiger partial charge in [-0.3, -0.25) is 9.37 Å². The molecule has 0 aliphatic carbocycles. The minimum atomic E-state index is 0.500. The van der Waals surface area contributed by atoms with Gasteiger partial charge in [-0.25, -0.2) is 0 Å². The maximum Gasteiger partial charge on any atom is 0.0785 e. The van der Waals surface area contributed by atoms with Crippen molar-refractivity contribution in [1.29, 1.82) is 0 Å². The van der Waals surface area contributed by atoms with Crippen LogP contribution < -0.4 is 0 Å². The van der Waals surface area contributed by atoms with Crippen LogP contribution in [0.25, 0.3) is 10.9 Å². The van der Waals surface area contributed by atoms with E-state index in [0.29, 0.717) is 7.18 Å². The molecule has 0 bridgehead atoms. The van der Waals surface area contributed by atoms with Gasteiger partial charge in [-0.1, -0.05) is 38.1 Å². The zero-order valence-corrected chi connectivity index (χ0v) is 9.79. The van der Waals surface area contributed by atoms with Crippen LogP contribution in [0.3, 0.4) is 0 Å². The van der Waals surface area contributed by atoms with E-state index >= 15 is 0 Å². The van der Waals surface area contributed by atoms with E-state index in [1.807, 2.05) is 45.0 Å². The number of halogens is 1. The number of hydrogen-bond acceptors (Lipinski definition) is 1. The van der Waals surface area contributed by atoms with Gasteiger partial charge < -0.3 is 0 Å². The highest BCUT2D eigenvalue weighted by Crippen LogP contribution is 2.10. The Labute approximate surface area is 91.0 Å². The van der Waals surface area contributed by atoms with Gasteiger partial charge in [0.1, 0.15) is 0 Å². The molecule has 0 fully saturated rings.